The highest BCUT2D eigenvalue weighted by Crippen LogP contribution is 2.32. The number of piperidine rings is 1. The van der Waals surface area contributed by atoms with Gasteiger partial charge in [0.1, 0.15) is 0 Å². The molecule has 1 saturated heterocycles. The van der Waals surface area contributed by atoms with Crippen molar-refractivity contribution in [2.45, 2.75) is 57.9 Å². The highest BCUT2D eigenvalue weighted by Gasteiger charge is 2.23. The first kappa shape index (κ1) is 9.51. The van der Waals surface area contributed by atoms with E-state index in [0.29, 0.717) is 0 Å². The Bertz CT molecular complexity index is 141. The lowest BCUT2D eigenvalue weighted by Crippen LogP contribution is -2.37. The molecule has 2 unspecified atom stereocenters. The maximum atomic E-state index is 3.61. The van der Waals surface area contributed by atoms with Crippen molar-refractivity contribution in [3.05, 3.63) is 0 Å². The molecular formula is C12H23N. The van der Waals surface area contributed by atoms with E-state index < -0.39 is 0 Å². The summed E-state index contributed by atoms with van der Waals surface area (Å²) < 4.78 is 0. The third-order valence-corrected chi connectivity index (χ3v) is 3.90. The molecule has 1 heteroatoms. The van der Waals surface area contributed by atoms with Crippen LogP contribution in [0.15, 0.2) is 0 Å². The van der Waals surface area contributed by atoms with E-state index in [1.807, 2.05) is 0 Å². The van der Waals surface area contributed by atoms with Gasteiger partial charge in [-0.2, -0.15) is 0 Å². The summed E-state index contributed by atoms with van der Waals surface area (Å²) in [4.78, 5) is 0. The Morgan fingerprint density at radius 3 is 2.38 bits per heavy atom. The van der Waals surface area contributed by atoms with Gasteiger partial charge in [-0.3, -0.25) is 0 Å². The molecule has 1 aliphatic heterocycles. The van der Waals surface area contributed by atoms with Crippen molar-refractivity contribution in [1.29, 1.82) is 0 Å². The van der Waals surface area contributed by atoms with E-state index >= 15 is 0 Å². The van der Waals surface area contributed by atoms with Gasteiger partial charge in [0.15, 0.2) is 0 Å². The van der Waals surface area contributed by atoms with Gasteiger partial charge in [-0.05, 0) is 44.6 Å². The Kier molecular flexibility index (Phi) is 3.26. The predicted molar refractivity (Wildman–Crippen MR) is 56.8 cm³/mol. The minimum atomic E-state index is 0.778. The molecule has 0 spiro atoms. The Labute approximate surface area is 82.3 Å². The van der Waals surface area contributed by atoms with Crippen LogP contribution in [0.25, 0.3) is 0 Å². The van der Waals surface area contributed by atoms with Crippen molar-refractivity contribution in [1.82, 2.24) is 5.32 Å². The molecule has 2 atom stereocenters. The van der Waals surface area contributed by atoms with E-state index in [0.717, 1.165) is 17.9 Å². The molecular weight excluding hydrogens is 158 g/mol. The number of hydrogen-bond acceptors (Lipinski definition) is 1. The standard InChI is InChI=1S/C12H23N/c1-10-6-7-12(9-13-10)8-11-4-2-3-5-11/h10-13H,2-9H2,1H3. The molecule has 2 aliphatic rings. The highest BCUT2D eigenvalue weighted by molar-refractivity contribution is 4.78. The molecule has 2 fully saturated rings. The van der Waals surface area contributed by atoms with Gasteiger partial charge >= 0.3 is 0 Å². The molecule has 1 heterocycles. The van der Waals surface area contributed by atoms with E-state index in [1.165, 1.54) is 51.5 Å². The Balaban J connectivity index is 1.69. The van der Waals surface area contributed by atoms with Crippen LogP contribution in [0.5, 0.6) is 0 Å². The van der Waals surface area contributed by atoms with Crippen molar-refractivity contribution >= 4 is 0 Å². The lowest BCUT2D eigenvalue weighted by Gasteiger charge is -2.29. The van der Waals surface area contributed by atoms with Crippen LogP contribution in [0.2, 0.25) is 0 Å². The van der Waals surface area contributed by atoms with Gasteiger partial charge in [-0.1, -0.05) is 25.7 Å². The van der Waals surface area contributed by atoms with Crippen LogP contribution in [-0.4, -0.2) is 12.6 Å². The third-order valence-electron chi connectivity index (χ3n) is 3.90. The molecule has 0 aromatic rings. The van der Waals surface area contributed by atoms with Crippen molar-refractivity contribution in [3.63, 3.8) is 0 Å². The van der Waals surface area contributed by atoms with Gasteiger partial charge in [0.05, 0.1) is 0 Å². The summed E-state index contributed by atoms with van der Waals surface area (Å²) in [5.74, 6) is 2.08. The molecule has 0 bridgehead atoms. The lowest BCUT2D eigenvalue weighted by molar-refractivity contribution is 0.272. The van der Waals surface area contributed by atoms with Gasteiger partial charge < -0.3 is 5.32 Å². The summed E-state index contributed by atoms with van der Waals surface area (Å²) in [6.07, 6.45) is 10.4. The third kappa shape index (κ3) is 2.70. The fourth-order valence-electron chi connectivity index (χ4n) is 2.98. The molecule has 0 amide bonds. The van der Waals surface area contributed by atoms with Crippen LogP contribution in [0.1, 0.15) is 51.9 Å². The Morgan fingerprint density at radius 1 is 1.00 bits per heavy atom. The zero-order chi connectivity index (χ0) is 9.10. The first-order valence-electron chi connectivity index (χ1n) is 6.08. The van der Waals surface area contributed by atoms with E-state index in [-0.39, 0.29) is 0 Å². The zero-order valence-electron chi connectivity index (χ0n) is 8.89. The van der Waals surface area contributed by atoms with Crippen molar-refractivity contribution in [2.75, 3.05) is 6.54 Å². The molecule has 76 valence electrons. The second-order valence-corrected chi connectivity index (χ2v) is 5.14. The number of nitrogens with one attached hydrogen (secondary N) is 1. The fourth-order valence-corrected chi connectivity index (χ4v) is 2.98. The summed E-state index contributed by atoms with van der Waals surface area (Å²) in [6.45, 7) is 3.60. The highest BCUT2D eigenvalue weighted by atomic mass is 14.9. The quantitative estimate of drug-likeness (QED) is 0.690. The smallest absolute Gasteiger partial charge is 0.00389 e. The normalized spacial score (nSPS) is 36.7. The molecule has 0 aromatic heterocycles. The molecule has 2 rings (SSSR count). The lowest BCUT2D eigenvalue weighted by atomic mass is 9.86. The first-order chi connectivity index (χ1) is 6.34. The van der Waals surface area contributed by atoms with Crippen molar-refractivity contribution < 1.29 is 0 Å². The van der Waals surface area contributed by atoms with Crippen LogP contribution in [-0.2, 0) is 0 Å². The monoisotopic (exact) mass is 181 g/mol. The van der Waals surface area contributed by atoms with Gasteiger partial charge in [0.25, 0.3) is 0 Å². The maximum absolute atomic E-state index is 3.61. The minimum absolute atomic E-state index is 0.778. The zero-order valence-corrected chi connectivity index (χ0v) is 8.89. The molecule has 1 aliphatic carbocycles. The van der Waals surface area contributed by atoms with Crippen LogP contribution in [0.3, 0.4) is 0 Å². The summed E-state index contributed by atoms with van der Waals surface area (Å²) >= 11 is 0. The fraction of sp³-hybridized carbons (Fsp3) is 1.00. The summed E-state index contributed by atoms with van der Waals surface area (Å²) in [5.41, 5.74) is 0. The van der Waals surface area contributed by atoms with E-state index in [4.69, 9.17) is 0 Å². The minimum Gasteiger partial charge on any atom is -0.314 e. The number of hydrogen-bond donors (Lipinski definition) is 1. The Morgan fingerprint density at radius 2 is 1.77 bits per heavy atom. The average Bonchev–Trinajstić information content (AvgIpc) is 2.62. The molecule has 0 radical (unpaired) electrons. The van der Waals surface area contributed by atoms with Gasteiger partial charge in [0, 0.05) is 6.04 Å². The van der Waals surface area contributed by atoms with E-state index in [1.54, 1.807) is 0 Å². The number of rotatable bonds is 2. The van der Waals surface area contributed by atoms with Crippen LogP contribution < -0.4 is 5.32 Å². The largest absolute Gasteiger partial charge is 0.314 e. The molecule has 1 nitrogen and oxygen atoms in total. The van der Waals surface area contributed by atoms with Crippen LogP contribution >= 0.6 is 0 Å². The molecule has 13 heavy (non-hydrogen) atoms. The second kappa shape index (κ2) is 4.45. The second-order valence-electron chi connectivity index (χ2n) is 5.14. The van der Waals surface area contributed by atoms with E-state index in [2.05, 4.69) is 12.2 Å². The first-order valence-corrected chi connectivity index (χ1v) is 6.08. The van der Waals surface area contributed by atoms with Crippen molar-refractivity contribution in [2.24, 2.45) is 11.8 Å². The average molecular weight is 181 g/mol. The molecule has 1 N–H and O–H groups in total. The van der Waals surface area contributed by atoms with Gasteiger partial charge in [-0.25, -0.2) is 0 Å². The van der Waals surface area contributed by atoms with Crippen LogP contribution in [0, 0.1) is 11.8 Å². The maximum Gasteiger partial charge on any atom is 0.00389 e. The predicted octanol–water partition coefficient (Wildman–Crippen LogP) is 2.95. The van der Waals surface area contributed by atoms with E-state index in [9.17, 15) is 0 Å². The van der Waals surface area contributed by atoms with Crippen molar-refractivity contribution in [3.8, 4) is 0 Å². The van der Waals surface area contributed by atoms with Crippen LogP contribution in [0.4, 0.5) is 0 Å². The Hall–Kier alpha value is -0.0400. The summed E-state index contributed by atoms with van der Waals surface area (Å²) in [5, 5.41) is 3.61. The van der Waals surface area contributed by atoms with Gasteiger partial charge in [0.2, 0.25) is 0 Å². The summed E-state index contributed by atoms with van der Waals surface area (Å²) in [7, 11) is 0. The topological polar surface area (TPSA) is 12.0 Å². The molecule has 0 aromatic carbocycles. The summed E-state index contributed by atoms with van der Waals surface area (Å²) in [6, 6.07) is 0.778. The van der Waals surface area contributed by atoms with Gasteiger partial charge in [-0.15, -0.1) is 0 Å². The molecule has 1 saturated carbocycles. The SMILES string of the molecule is CC1CCC(CC2CCCC2)CN1.